The molecule has 0 amide bonds. The average Bonchev–Trinajstić information content (AvgIpc) is 0.811. The summed E-state index contributed by atoms with van der Waals surface area (Å²) >= 11 is 1.08. The Morgan fingerprint density at radius 3 is 1.80 bits per heavy atom. The molecule has 0 atom stereocenters. The van der Waals surface area contributed by atoms with Crippen LogP contribution in [0.25, 0.3) is 0 Å². The van der Waals surface area contributed by atoms with Crippen LogP contribution in [0.5, 0.6) is 0 Å². The third-order valence-corrected chi connectivity index (χ3v) is 0. The fourth-order valence-corrected chi connectivity index (χ4v) is 0. The van der Waals surface area contributed by atoms with Gasteiger partial charge < -0.3 is 0 Å². The second kappa shape index (κ2) is 4.66. The Morgan fingerprint density at radius 2 is 1.80 bits per heavy atom. The molecule has 0 heterocycles. The maximum absolute atomic E-state index is 9.00. The quantitative estimate of drug-likeness (QED) is 0.371. The van der Waals surface area contributed by atoms with Crippen molar-refractivity contribution < 1.29 is 9.90 Å². The first kappa shape index (κ1) is 9.18. The van der Waals surface area contributed by atoms with Crippen molar-refractivity contribution in [2.45, 2.75) is 0 Å². The molecule has 0 aromatic heterocycles. The van der Waals surface area contributed by atoms with Crippen LogP contribution in [0.15, 0.2) is 0 Å². The summed E-state index contributed by atoms with van der Waals surface area (Å²) in [5.41, 5.74) is 0. The molecule has 5 heavy (non-hydrogen) atoms. The van der Waals surface area contributed by atoms with Gasteiger partial charge in [-0.3, -0.25) is 0 Å². The summed E-state index contributed by atoms with van der Waals surface area (Å²) in [6, 6.07) is 0. The van der Waals surface area contributed by atoms with E-state index in [1.54, 1.807) is 0 Å². The Bertz CT molecular complexity index is 30.6. The zero-order valence-electron chi connectivity index (χ0n) is 2.36. The number of hydrogen-bond donors (Lipinski definition) is 1. The molecule has 0 fully saturated rings. The van der Waals surface area contributed by atoms with Crippen LogP contribution in [0.2, 0.25) is 0 Å². The van der Waals surface area contributed by atoms with Crippen LogP contribution in [0, 0.1) is 0 Å². The number of carbonyl (C=O) groups is 1. The standard InChI is InChI=1S/CHO2.2Li.H/c2-1-3;;;/h(H,2,3);;;. The predicted octanol–water partition coefficient (Wildman–Crippen LogP) is -0.816. The number of carboxylic acid groups (broad SMARTS) is 1. The normalized spacial score (nSPS) is 5.20. The number of rotatable bonds is 0. The minimum atomic E-state index is -0.833. The van der Waals surface area contributed by atoms with Gasteiger partial charge in [-0.1, -0.05) is 0 Å². The molecule has 0 aromatic carbocycles. The Kier molecular flexibility index (Phi) is 8.56. The molecule has 0 aliphatic carbocycles. The first-order valence-corrected chi connectivity index (χ1v) is 0.928. The third kappa shape index (κ3) is 75.0. The molecule has 4 heteroatoms. The zero-order chi connectivity index (χ0) is 3.58. The van der Waals surface area contributed by atoms with Crippen molar-refractivity contribution in [3.05, 3.63) is 0 Å². The molecule has 0 rings (SSSR count). The first-order chi connectivity index (χ1) is 1.73. The molecule has 2 nitrogen and oxygen atoms in total. The number of hydrogen-bond acceptors (Lipinski definition) is 1. The van der Waals surface area contributed by atoms with Gasteiger partial charge in [0.1, 0.15) is 0 Å². The van der Waals surface area contributed by atoms with Gasteiger partial charge in [0, 0.05) is 0 Å². The van der Waals surface area contributed by atoms with E-state index in [0.29, 0.717) is 0 Å². The summed E-state index contributed by atoms with van der Waals surface area (Å²) < 4.78 is -0.833. The molecular weight excluding hydrogens is 57.9 g/mol. The van der Waals surface area contributed by atoms with Crippen LogP contribution in [-0.2, 0) is 0 Å². The molecule has 1 N–H and O–H groups in total. The van der Waals surface area contributed by atoms with Gasteiger partial charge in [0.05, 0.1) is 0 Å². The van der Waals surface area contributed by atoms with Gasteiger partial charge in [0.25, 0.3) is 0 Å². The van der Waals surface area contributed by atoms with Gasteiger partial charge in [0.2, 0.25) is 0 Å². The SMILES string of the molecule is [LiH].[Li][C](=O)O. The summed E-state index contributed by atoms with van der Waals surface area (Å²) in [6.07, 6.45) is 0. The molecule has 0 aromatic rings. The van der Waals surface area contributed by atoms with E-state index in [0.717, 1.165) is 17.7 Å². The van der Waals surface area contributed by atoms with Crippen LogP contribution < -0.4 is 0 Å². The molecule has 0 saturated carbocycles. The van der Waals surface area contributed by atoms with E-state index in [1.807, 2.05) is 0 Å². The van der Waals surface area contributed by atoms with Crippen molar-refractivity contribution in [3.63, 3.8) is 0 Å². The summed E-state index contributed by atoms with van der Waals surface area (Å²) in [4.78, 5) is 9.00. The molecule has 20 valence electrons. The fourth-order valence-electron chi connectivity index (χ4n) is 0. The first-order valence-electron chi connectivity index (χ1n) is 0.928. The van der Waals surface area contributed by atoms with E-state index in [4.69, 9.17) is 9.90 Å². The van der Waals surface area contributed by atoms with E-state index in [-0.39, 0.29) is 18.9 Å². The zero-order valence-corrected chi connectivity index (χ0v) is 2.36. The van der Waals surface area contributed by atoms with Crippen molar-refractivity contribution in [1.29, 1.82) is 0 Å². The van der Waals surface area contributed by atoms with Crippen molar-refractivity contribution >= 4 is 41.2 Å². The van der Waals surface area contributed by atoms with E-state index in [2.05, 4.69) is 0 Å². The Labute approximate surface area is 51.3 Å². The Hall–Kier alpha value is 0.665. The predicted molar refractivity (Wildman–Crippen MR) is 20.9 cm³/mol. The summed E-state index contributed by atoms with van der Waals surface area (Å²) in [7, 11) is 0. The van der Waals surface area contributed by atoms with Crippen LogP contribution >= 0.6 is 0 Å². The molecule has 0 unspecified atom stereocenters. The van der Waals surface area contributed by atoms with Gasteiger partial charge in [-0.2, -0.15) is 0 Å². The van der Waals surface area contributed by atoms with E-state index >= 15 is 0 Å². The molecule has 0 saturated heterocycles. The Balaban J connectivity index is 0. The van der Waals surface area contributed by atoms with Gasteiger partial charge in [-0.05, 0) is 0 Å². The van der Waals surface area contributed by atoms with Crippen LogP contribution in [-0.4, -0.2) is 46.3 Å². The molecular formula is CH2Li2O2. The van der Waals surface area contributed by atoms with Gasteiger partial charge in [0.15, 0.2) is 0 Å². The van der Waals surface area contributed by atoms with Crippen molar-refractivity contribution in [3.8, 4) is 0 Å². The van der Waals surface area contributed by atoms with E-state index in [9.17, 15) is 0 Å². The van der Waals surface area contributed by atoms with E-state index in [1.165, 1.54) is 0 Å². The molecule has 0 radical (unpaired) electrons. The van der Waals surface area contributed by atoms with E-state index < -0.39 is 4.64 Å². The fraction of sp³-hybridized carbons (Fsp3) is 0. The third-order valence-electron chi connectivity index (χ3n) is 0. The van der Waals surface area contributed by atoms with Crippen molar-refractivity contribution in [2.75, 3.05) is 0 Å². The van der Waals surface area contributed by atoms with Crippen molar-refractivity contribution in [1.82, 2.24) is 0 Å². The second-order valence-electron chi connectivity index (χ2n) is 0.519. The molecule has 0 spiro atoms. The van der Waals surface area contributed by atoms with Crippen molar-refractivity contribution in [2.24, 2.45) is 0 Å². The summed E-state index contributed by atoms with van der Waals surface area (Å²) in [6.45, 7) is 0. The van der Waals surface area contributed by atoms with Gasteiger partial charge in [-0.25, -0.2) is 0 Å². The molecule has 0 aliphatic rings. The minimum absolute atomic E-state index is 0. The summed E-state index contributed by atoms with van der Waals surface area (Å²) in [5.74, 6) is 0. The molecule has 0 aliphatic heterocycles. The summed E-state index contributed by atoms with van der Waals surface area (Å²) in [5, 5.41) is 7.42. The van der Waals surface area contributed by atoms with Crippen LogP contribution in [0.4, 0.5) is 4.79 Å². The van der Waals surface area contributed by atoms with Gasteiger partial charge >= 0.3 is 51.1 Å². The van der Waals surface area contributed by atoms with Crippen LogP contribution in [0.1, 0.15) is 0 Å². The Morgan fingerprint density at radius 1 is 1.80 bits per heavy atom. The monoisotopic (exact) mass is 60.0 g/mol. The second-order valence-corrected chi connectivity index (χ2v) is 0.519. The van der Waals surface area contributed by atoms with Crippen LogP contribution in [0.3, 0.4) is 0 Å². The maximum atomic E-state index is 9.00. The molecule has 0 bridgehead atoms. The topological polar surface area (TPSA) is 37.3 Å². The average molecular weight is 59.9 g/mol. The van der Waals surface area contributed by atoms with Gasteiger partial charge in [-0.15, -0.1) is 0 Å².